The van der Waals surface area contributed by atoms with E-state index in [1.807, 2.05) is 12.1 Å². The number of carbonyl (C=O) groups excluding carboxylic acids is 2. The van der Waals surface area contributed by atoms with Gasteiger partial charge in [0.25, 0.3) is 11.8 Å². The molecule has 2 aromatic rings. The van der Waals surface area contributed by atoms with Crippen LogP contribution in [-0.2, 0) is 11.2 Å². The standard InChI is InChI=1S/C23H21N3O4/c1-29-18-12-11-16(14-19(18)30-2)15-23(25-21(27)17-8-4-3-5-9-17)22(28)26-13-7-6-10-20(26)24-23/h3-14H,15H2,1-2H3,(H,25,27)/t23-/m0/s1. The predicted octanol–water partition coefficient (Wildman–Crippen LogP) is 2.70. The number of fused-ring (bicyclic) bond motifs is 1. The zero-order chi connectivity index (χ0) is 21.1. The minimum atomic E-state index is -1.47. The lowest BCUT2D eigenvalue weighted by atomic mass is 9.98. The van der Waals surface area contributed by atoms with Crippen LogP contribution in [0.25, 0.3) is 0 Å². The molecule has 7 heteroatoms. The van der Waals surface area contributed by atoms with Crippen LogP contribution in [-0.4, -0.2) is 42.4 Å². The normalized spacial score (nSPS) is 19.3. The van der Waals surface area contributed by atoms with Crippen LogP contribution in [0.2, 0.25) is 0 Å². The van der Waals surface area contributed by atoms with Crippen LogP contribution < -0.4 is 14.8 Å². The highest BCUT2D eigenvalue weighted by molar-refractivity contribution is 6.15. The van der Waals surface area contributed by atoms with Gasteiger partial charge in [0.1, 0.15) is 5.84 Å². The molecule has 2 amide bonds. The largest absolute Gasteiger partial charge is 0.493 e. The fourth-order valence-corrected chi connectivity index (χ4v) is 3.52. The van der Waals surface area contributed by atoms with Gasteiger partial charge in [0.05, 0.1) is 14.2 Å². The number of nitrogens with one attached hydrogen (secondary N) is 1. The summed E-state index contributed by atoms with van der Waals surface area (Å²) in [6.45, 7) is 0. The minimum Gasteiger partial charge on any atom is -0.493 e. The summed E-state index contributed by atoms with van der Waals surface area (Å²) in [4.78, 5) is 32.4. The number of aliphatic imine (C=N–C) groups is 1. The van der Waals surface area contributed by atoms with E-state index in [-0.39, 0.29) is 18.2 Å². The van der Waals surface area contributed by atoms with Crippen LogP contribution in [0.5, 0.6) is 11.5 Å². The van der Waals surface area contributed by atoms with Crippen LogP contribution in [0.4, 0.5) is 0 Å². The zero-order valence-corrected chi connectivity index (χ0v) is 16.7. The Kier molecular flexibility index (Phi) is 5.10. The second kappa shape index (κ2) is 7.87. The molecule has 30 heavy (non-hydrogen) atoms. The van der Waals surface area contributed by atoms with Crippen molar-refractivity contribution in [3.05, 3.63) is 84.1 Å². The molecular weight excluding hydrogens is 382 g/mol. The maximum Gasteiger partial charge on any atom is 0.281 e. The molecule has 0 radical (unpaired) electrons. The molecule has 4 rings (SSSR count). The van der Waals surface area contributed by atoms with E-state index in [0.29, 0.717) is 22.9 Å². The zero-order valence-electron chi connectivity index (χ0n) is 16.7. The first-order valence-electron chi connectivity index (χ1n) is 9.43. The summed E-state index contributed by atoms with van der Waals surface area (Å²) in [6.07, 6.45) is 7.10. The van der Waals surface area contributed by atoms with E-state index >= 15 is 0 Å². The van der Waals surface area contributed by atoms with Gasteiger partial charge in [-0.05, 0) is 42.0 Å². The fraction of sp³-hybridized carbons (Fsp3) is 0.174. The van der Waals surface area contributed by atoms with E-state index in [2.05, 4.69) is 10.3 Å². The van der Waals surface area contributed by atoms with Crippen LogP contribution in [0.3, 0.4) is 0 Å². The Bertz CT molecular complexity index is 1080. The minimum absolute atomic E-state index is 0.159. The number of methoxy groups -OCH3 is 2. The summed E-state index contributed by atoms with van der Waals surface area (Å²) in [5.74, 6) is 0.904. The van der Waals surface area contributed by atoms with Crippen LogP contribution in [0.1, 0.15) is 15.9 Å². The van der Waals surface area contributed by atoms with Crippen molar-refractivity contribution in [2.45, 2.75) is 12.1 Å². The Hall–Kier alpha value is -3.87. The molecule has 0 saturated carbocycles. The number of rotatable bonds is 6. The Balaban J connectivity index is 1.73. The molecule has 0 unspecified atom stereocenters. The van der Waals surface area contributed by atoms with Crippen molar-refractivity contribution in [3.63, 3.8) is 0 Å². The summed E-state index contributed by atoms with van der Waals surface area (Å²) in [5, 5.41) is 2.87. The van der Waals surface area contributed by atoms with Crippen LogP contribution >= 0.6 is 0 Å². The quantitative estimate of drug-likeness (QED) is 0.804. The van der Waals surface area contributed by atoms with E-state index < -0.39 is 5.66 Å². The molecule has 0 saturated heterocycles. The molecule has 1 atom stereocenters. The van der Waals surface area contributed by atoms with Gasteiger partial charge < -0.3 is 14.8 Å². The van der Waals surface area contributed by atoms with Crippen molar-refractivity contribution >= 4 is 17.6 Å². The highest BCUT2D eigenvalue weighted by Gasteiger charge is 2.49. The number of amides is 2. The third-order valence-electron chi connectivity index (χ3n) is 4.98. The van der Waals surface area contributed by atoms with Gasteiger partial charge in [0.2, 0.25) is 5.66 Å². The molecule has 0 aliphatic carbocycles. The molecule has 0 fully saturated rings. The average Bonchev–Trinajstić information content (AvgIpc) is 3.05. The highest BCUT2D eigenvalue weighted by Crippen LogP contribution is 2.32. The molecule has 2 aromatic carbocycles. The van der Waals surface area contributed by atoms with Crippen molar-refractivity contribution in [1.82, 2.24) is 10.2 Å². The molecule has 7 nitrogen and oxygen atoms in total. The van der Waals surface area contributed by atoms with Crippen molar-refractivity contribution in [3.8, 4) is 11.5 Å². The number of carbonyl (C=O) groups is 2. The summed E-state index contributed by atoms with van der Waals surface area (Å²) < 4.78 is 10.7. The molecule has 1 N–H and O–H groups in total. The topological polar surface area (TPSA) is 80.2 Å². The molecule has 2 heterocycles. The van der Waals surface area contributed by atoms with Crippen LogP contribution in [0.15, 0.2) is 78.0 Å². The summed E-state index contributed by atoms with van der Waals surface area (Å²) in [6, 6.07) is 14.1. The first kappa shape index (κ1) is 19.4. The van der Waals surface area contributed by atoms with E-state index in [1.165, 1.54) is 4.90 Å². The first-order chi connectivity index (χ1) is 14.6. The summed E-state index contributed by atoms with van der Waals surface area (Å²) in [7, 11) is 3.10. The number of hydrogen-bond donors (Lipinski definition) is 1. The van der Waals surface area contributed by atoms with Gasteiger partial charge in [-0.2, -0.15) is 0 Å². The molecule has 0 bridgehead atoms. The van der Waals surface area contributed by atoms with Gasteiger partial charge in [0.15, 0.2) is 11.5 Å². The lowest BCUT2D eigenvalue weighted by molar-refractivity contribution is -0.130. The number of nitrogens with zero attached hydrogens (tertiary/aromatic N) is 2. The summed E-state index contributed by atoms with van der Waals surface area (Å²) in [5.41, 5.74) is -0.249. The smallest absolute Gasteiger partial charge is 0.281 e. The van der Waals surface area contributed by atoms with E-state index in [9.17, 15) is 9.59 Å². The lowest BCUT2D eigenvalue weighted by Crippen LogP contribution is -2.55. The van der Waals surface area contributed by atoms with Crippen molar-refractivity contribution in [2.75, 3.05) is 14.2 Å². The third kappa shape index (κ3) is 3.45. The van der Waals surface area contributed by atoms with Crippen molar-refractivity contribution < 1.29 is 19.1 Å². The molecule has 2 aliphatic heterocycles. The molecule has 0 spiro atoms. The van der Waals surface area contributed by atoms with E-state index in [4.69, 9.17) is 9.47 Å². The SMILES string of the molecule is COc1ccc(C[C@@]2(NC(=O)c3ccccc3)N=C3C=CC=CN3C2=O)cc1OC. The maximum absolute atomic E-state index is 13.4. The van der Waals surface area contributed by atoms with Crippen molar-refractivity contribution in [2.24, 2.45) is 4.99 Å². The predicted molar refractivity (Wildman–Crippen MR) is 112 cm³/mol. The Morgan fingerprint density at radius 2 is 1.83 bits per heavy atom. The number of benzene rings is 2. The second-order valence-electron chi connectivity index (χ2n) is 6.89. The number of amidine groups is 1. The van der Waals surface area contributed by atoms with Gasteiger partial charge in [-0.1, -0.05) is 30.3 Å². The van der Waals surface area contributed by atoms with Crippen molar-refractivity contribution in [1.29, 1.82) is 0 Å². The second-order valence-corrected chi connectivity index (χ2v) is 6.89. The lowest BCUT2D eigenvalue weighted by Gasteiger charge is -2.27. The average molecular weight is 403 g/mol. The first-order valence-corrected chi connectivity index (χ1v) is 9.43. The number of allylic oxidation sites excluding steroid dienone is 2. The Labute approximate surface area is 174 Å². The van der Waals surface area contributed by atoms with E-state index in [0.717, 1.165) is 5.56 Å². The maximum atomic E-state index is 13.4. The molecule has 0 aromatic heterocycles. The fourth-order valence-electron chi connectivity index (χ4n) is 3.52. The molecule has 2 aliphatic rings. The van der Waals surface area contributed by atoms with Gasteiger partial charge in [0, 0.05) is 18.2 Å². The highest BCUT2D eigenvalue weighted by atomic mass is 16.5. The summed E-state index contributed by atoms with van der Waals surface area (Å²) >= 11 is 0. The number of hydrogen-bond acceptors (Lipinski definition) is 5. The van der Waals surface area contributed by atoms with E-state index in [1.54, 1.807) is 75.0 Å². The Morgan fingerprint density at radius 1 is 1.07 bits per heavy atom. The third-order valence-corrected chi connectivity index (χ3v) is 4.98. The molecule has 152 valence electrons. The van der Waals surface area contributed by atoms with Gasteiger partial charge in [-0.15, -0.1) is 0 Å². The van der Waals surface area contributed by atoms with Gasteiger partial charge in [-0.3, -0.25) is 14.5 Å². The Morgan fingerprint density at radius 3 is 2.53 bits per heavy atom. The van der Waals surface area contributed by atoms with Crippen LogP contribution in [0, 0.1) is 0 Å². The van der Waals surface area contributed by atoms with Gasteiger partial charge in [-0.25, -0.2) is 4.99 Å². The number of ether oxygens (including phenoxy) is 2. The monoisotopic (exact) mass is 403 g/mol. The molecular formula is C23H21N3O4. The van der Waals surface area contributed by atoms with Gasteiger partial charge >= 0.3 is 0 Å².